The molecule has 0 aromatic rings. The van der Waals surface area contributed by atoms with Crippen molar-refractivity contribution in [2.45, 2.75) is 32.7 Å². The third kappa shape index (κ3) is 9.63. The lowest BCUT2D eigenvalue weighted by molar-refractivity contribution is -0.140. The fourth-order valence-electron chi connectivity index (χ4n) is 1.20. The van der Waals surface area contributed by atoms with Crippen LogP contribution >= 0.6 is 24.4 Å². The van der Waals surface area contributed by atoms with E-state index >= 15 is 0 Å². The van der Waals surface area contributed by atoms with E-state index in [0.29, 0.717) is 16.5 Å². The molecule has 134 valence electrons. The number of rotatable bonds is 8. The minimum absolute atomic E-state index is 0.0429. The Morgan fingerprint density at radius 1 is 1.04 bits per heavy atom. The highest BCUT2D eigenvalue weighted by atomic mass is 32.1. The highest BCUT2D eigenvalue weighted by molar-refractivity contribution is 7.80. The molecule has 0 radical (unpaired) electrons. The van der Waals surface area contributed by atoms with Gasteiger partial charge in [-0.05, 0) is 44.7 Å². The summed E-state index contributed by atoms with van der Waals surface area (Å²) in [5.41, 5.74) is 6.09. The third-order valence-electron chi connectivity index (χ3n) is 2.65. The van der Waals surface area contributed by atoms with Crippen molar-refractivity contribution in [1.29, 1.82) is 0 Å². The number of aliphatic carboxylic acids is 2. The van der Waals surface area contributed by atoms with Crippen LogP contribution in [0.15, 0.2) is 10.2 Å². The van der Waals surface area contributed by atoms with Gasteiger partial charge in [0.1, 0.15) is 6.04 Å². The molecule has 0 rings (SSSR count). The SMILES string of the molecule is CNC(=S)N/N=C(C)/C(C)=N\NC(=S)NC(CCC(=O)O)C(=O)O. The summed E-state index contributed by atoms with van der Waals surface area (Å²) in [5, 5.41) is 31.0. The summed E-state index contributed by atoms with van der Waals surface area (Å²) in [7, 11) is 1.65. The zero-order valence-corrected chi connectivity index (χ0v) is 15.0. The van der Waals surface area contributed by atoms with Crippen LogP contribution in [0.25, 0.3) is 0 Å². The molecule has 0 saturated carbocycles. The van der Waals surface area contributed by atoms with Gasteiger partial charge in [0.05, 0.1) is 11.4 Å². The molecule has 1 atom stereocenters. The van der Waals surface area contributed by atoms with Crippen molar-refractivity contribution >= 4 is 58.0 Å². The van der Waals surface area contributed by atoms with Gasteiger partial charge in [0.2, 0.25) is 0 Å². The average Bonchev–Trinajstić information content (AvgIpc) is 2.52. The highest BCUT2D eigenvalue weighted by Crippen LogP contribution is 1.98. The Morgan fingerprint density at radius 2 is 1.54 bits per heavy atom. The molecule has 0 bridgehead atoms. The smallest absolute Gasteiger partial charge is 0.326 e. The molecule has 0 aromatic carbocycles. The summed E-state index contributed by atoms with van der Waals surface area (Å²) in [5.74, 6) is -2.29. The average molecular weight is 376 g/mol. The number of carboxylic acid groups (broad SMARTS) is 2. The quantitative estimate of drug-likeness (QED) is 0.188. The van der Waals surface area contributed by atoms with E-state index in [1.165, 1.54) is 0 Å². The lowest BCUT2D eigenvalue weighted by Gasteiger charge is -2.15. The topological polar surface area (TPSA) is 147 Å². The lowest BCUT2D eigenvalue weighted by atomic mass is 10.1. The molecule has 0 aliphatic carbocycles. The van der Waals surface area contributed by atoms with Crippen LogP contribution in [-0.4, -0.2) is 56.9 Å². The van der Waals surface area contributed by atoms with E-state index in [0.717, 1.165) is 0 Å². The second kappa shape index (κ2) is 11.2. The summed E-state index contributed by atoms with van der Waals surface area (Å²) in [6.07, 6.45) is -0.404. The largest absolute Gasteiger partial charge is 0.481 e. The monoisotopic (exact) mass is 376 g/mol. The minimum atomic E-state index is -1.20. The maximum absolute atomic E-state index is 11.0. The summed E-state index contributed by atoms with van der Waals surface area (Å²) >= 11 is 9.80. The Kier molecular flexibility index (Phi) is 10.1. The number of hydrazone groups is 2. The Hall–Kier alpha value is -2.34. The molecule has 0 amide bonds. The predicted molar refractivity (Wildman–Crippen MR) is 98.2 cm³/mol. The van der Waals surface area contributed by atoms with Crippen molar-refractivity contribution in [3.8, 4) is 0 Å². The van der Waals surface area contributed by atoms with E-state index in [1.807, 2.05) is 0 Å². The predicted octanol–water partition coefficient (Wildman–Crippen LogP) is -0.386. The van der Waals surface area contributed by atoms with E-state index in [4.69, 9.17) is 34.6 Å². The minimum Gasteiger partial charge on any atom is -0.481 e. The van der Waals surface area contributed by atoms with E-state index < -0.39 is 18.0 Å². The van der Waals surface area contributed by atoms with E-state index in [2.05, 4.69) is 31.7 Å². The first kappa shape index (κ1) is 21.7. The lowest BCUT2D eigenvalue weighted by Crippen LogP contribution is -2.45. The number of thiocarbonyl (C=S) groups is 2. The third-order valence-corrected chi connectivity index (χ3v) is 3.16. The van der Waals surface area contributed by atoms with Gasteiger partial charge in [0.25, 0.3) is 0 Å². The zero-order chi connectivity index (χ0) is 18.7. The Labute approximate surface area is 149 Å². The van der Waals surface area contributed by atoms with Crippen molar-refractivity contribution in [1.82, 2.24) is 21.5 Å². The van der Waals surface area contributed by atoms with E-state index in [1.54, 1.807) is 20.9 Å². The van der Waals surface area contributed by atoms with Gasteiger partial charge < -0.3 is 20.8 Å². The number of carboxylic acids is 2. The van der Waals surface area contributed by atoms with Crippen LogP contribution in [-0.2, 0) is 9.59 Å². The summed E-state index contributed by atoms with van der Waals surface area (Å²) in [6.45, 7) is 3.35. The van der Waals surface area contributed by atoms with Crippen LogP contribution in [0.1, 0.15) is 26.7 Å². The Balaban J connectivity index is 4.59. The molecule has 10 nitrogen and oxygen atoms in total. The molecule has 0 heterocycles. The van der Waals surface area contributed by atoms with E-state index in [-0.39, 0.29) is 18.0 Å². The van der Waals surface area contributed by atoms with Gasteiger partial charge in [0, 0.05) is 13.5 Å². The Morgan fingerprint density at radius 3 is 1.96 bits per heavy atom. The number of nitrogens with zero attached hydrogens (tertiary/aromatic N) is 2. The van der Waals surface area contributed by atoms with Crippen LogP contribution in [0.3, 0.4) is 0 Å². The molecule has 0 aliphatic heterocycles. The maximum Gasteiger partial charge on any atom is 0.326 e. The molecule has 6 N–H and O–H groups in total. The molecule has 0 aliphatic rings. The molecule has 24 heavy (non-hydrogen) atoms. The van der Waals surface area contributed by atoms with Crippen LogP contribution < -0.4 is 21.5 Å². The number of nitrogens with one attached hydrogen (secondary N) is 4. The van der Waals surface area contributed by atoms with Crippen molar-refractivity contribution in [3.63, 3.8) is 0 Å². The normalized spacial score (nSPS) is 12.8. The molecular weight excluding hydrogens is 356 g/mol. The first-order valence-corrected chi connectivity index (χ1v) is 7.56. The van der Waals surface area contributed by atoms with Crippen molar-refractivity contribution in [3.05, 3.63) is 0 Å². The van der Waals surface area contributed by atoms with Gasteiger partial charge in [-0.3, -0.25) is 15.6 Å². The van der Waals surface area contributed by atoms with Crippen molar-refractivity contribution in [2.75, 3.05) is 7.05 Å². The number of hydrogen-bond donors (Lipinski definition) is 6. The van der Waals surface area contributed by atoms with Gasteiger partial charge in [-0.25, -0.2) is 4.79 Å². The number of carbonyl (C=O) groups is 2. The second-order valence-corrected chi connectivity index (χ2v) is 5.31. The molecule has 12 heteroatoms. The summed E-state index contributed by atoms with van der Waals surface area (Å²) in [4.78, 5) is 21.6. The molecule has 0 spiro atoms. The molecular formula is C12H20N6O4S2. The van der Waals surface area contributed by atoms with Crippen LogP contribution in [0.2, 0.25) is 0 Å². The van der Waals surface area contributed by atoms with Gasteiger partial charge >= 0.3 is 11.9 Å². The van der Waals surface area contributed by atoms with Crippen LogP contribution in [0.4, 0.5) is 0 Å². The summed E-state index contributed by atoms with van der Waals surface area (Å²) in [6, 6.07) is -1.12. The highest BCUT2D eigenvalue weighted by Gasteiger charge is 2.19. The van der Waals surface area contributed by atoms with Crippen LogP contribution in [0, 0.1) is 0 Å². The molecule has 1 unspecified atom stereocenters. The first-order chi connectivity index (χ1) is 11.2. The van der Waals surface area contributed by atoms with Crippen LogP contribution in [0.5, 0.6) is 0 Å². The molecule has 0 aromatic heterocycles. The number of hydrogen-bond acceptors (Lipinski definition) is 6. The second-order valence-electron chi connectivity index (χ2n) is 4.49. The van der Waals surface area contributed by atoms with Gasteiger partial charge in [-0.2, -0.15) is 10.2 Å². The van der Waals surface area contributed by atoms with E-state index in [9.17, 15) is 9.59 Å². The summed E-state index contributed by atoms with van der Waals surface area (Å²) < 4.78 is 0. The Bertz CT molecular complexity index is 564. The molecule has 0 fully saturated rings. The van der Waals surface area contributed by atoms with Crippen molar-refractivity contribution < 1.29 is 19.8 Å². The maximum atomic E-state index is 11.0. The van der Waals surface area contributed by atoms with Gasteiger partial charge in [-0.1, -0.05) is 0 Å². The van der Waals surface area contributed by atoms with Gasteiger partial charge in [0.15, 0.2) is 10.2 Å². The van der Waals surface area contributed by atoms with Crippen molar-refractivity contribution in [2.24, 2.45) is 10.2 Å². The zero-order valence-electron chi connectivity index (χ0n) is 13.4. The fourth-order valence-corrected chi connectivity index (χ4v) is 1.44. The first-order valence-electron chi connectivity index (χ1n) is 6.75. The standard InChI is InChI=1S/C12H20N6O4S2/c1-6(15-17-11(23)13-3)7(2)16-18-12(24)14-8(10(21)22)4-5-9(19)20/h8H,4-5H2,1-3H3,(H,19,20)(H,21,22)(H2,13,17,23)(H2,14,18,24)/b15-6+,16-7-. The molecule has 0 saturated heterocycles. The van der Waals surface area contributed by atoms with Gasteiger partial charge in [-0.15, -0.1) is 0 Å². The fraction of sp³-hybridized carbons (Fsp3) is 0.500.